The molecular formula is C23H37N5O. The minimum Gasteiger partial charge on any atom is -0.370 e. The lowest BCUT2D eigenvalue weighted by Gasteiger charge is -2.30. The van der Waals surface area contributed by atoms with Gasteiger partial charge in [-0.1, -0.05) is 52.0 Å². The summed E-state index contributed by atoms with van der Waals surface area (Å²) in [6.07, 6.45) is 3.70. The number of rotatable bonds is 7. The molecule has 0 fully saturated rings. The van der Waals surface area contributed by atoms with Gasteiger partial charge in [0.25, 0.3) is 0 Å². The molecule has 2 atom stereocenters. The molecule has 0 bridgehead atoms. The number of hydrogen-bond donors (Lipinski definition) is 4. The molecule has 1 aliphatic carbocycles. The van der Waals surface area contributed by atoms with Crippen molar-refractivity contribution in [2.75, 3.05) is 27.2 Å². The molecule has 6 nitrogen and oxygen atoms in total. The van der Waals surface area contributed by atoms with E-state index in [2.05, 4.69) is 46.0 Å². The predicted octanol–water partition coefficient (Wildman–Crippen LogP) is 3.98. The van der Waals surface area contributed by atoms with E-state index >= 15 is 0 Å². The molecule has 0 aliphatic heterocycles. The fourth-order valence-electron chi connectivity index (χ4n) is 3.38. The molecule has 0 heterocycles. The summed E-state index contributed by atoms with van der Waals surface area (Å²) in [6.45, 7) is 9.72. The molecule has 2 rings (SSSR count). The largest absolute Gasteiger partial charge is 0.370 e. The third-order valence-corrected chi connectivity index (χ3v) is 5.32. The number of likely N-dealkylation sites (N-methyl/N-ethyl adjacent to an activating group) is 1. The van der Waals surface area contributed by atoms with E-state index in [0.29, 0.717) is 24.0 Å². The Hall–Kier alpha value is -2.34. The van der Waals surface area contributed by atoms with Crippen LogP contribution in [0.4, 0.5) is 4.79 Å². The van der Waals surface area contributed by atoms with Gasteiger partial charge >= 0.3 is 6.03 Å². The molecule has 2 unspecified atom stereocenters. The summed E-state index contributed by atoms with van der Waals surface area (Å²) in [4.78, 5) is 14.8. The Bertz CT molecular complexity index is 748. The number of nitrogens with zero attached hydrogens (tertiary/aromatic N) is 1. The highest BCUT2D eigenvalue weighted by atomic mass is 16.2. The topological polar surface area (TPSA) is 80.2 Å². The van der Waals surface area contributed by atoms with Gasteiger partial charge in [0.15, 0.2) is 0 Å². The number of amides is 2. The lowest BCUT2D eigenvalue weighted by molar-refractivity contribution is 0.237. The van der Waals surface area contributed by atoms with Crippen molar-refractivity contribution in [3.05, 3.63) is 47.3 Å². The number of carbonyl (C=O) groups excluding carboxylic acids is 1. The Morgan fingerprint density at radius 1 is 1.21 bits per heavy atom. The third kappa shape index (κ3) is 6.89. The first-order valence-corrected chi connectivity index (χ1v) is 10.4. The van der Waals surface area contributed by atoms with E-state index in [0.717, 1.165) is 19.4 Å². The maximum Gasteiger partial charge on any atom is 0.320 e. The molecule has 6 heteroatoms. The summed E-state index contributed by atoms with van der Waals surface area (Å²) < 4.78 is 0. The van der Waals surface area contributed by atoms with Crippen LogP contribution in [-0.2, 0) is 0 Å². The van der Waals surface area contributed by atoms with Crippen molar-refractivity contribution in [3.8, 4) is 0 Å². The summed E-state index contributed by atoms with van der Waals surface area (Å²) in [5.74, 6) is 1.07. The monoisotopic (exact) mass is 399 g/mol. The van der Waals surface area contributed by atoms with E-state index < -0.39 is 0 Å². The Morgan fingerprint density at radius 3 is 2.48 bits per heavy atom. The maximum absolute atomic E-state index is 12.8. The number of urea groups is 1. The lowest BCUT2D eigenvalue weighted by atomic mass is 9.81. The van der Waals surface area contributed by atoms with E-state index in [9.17, 15) is 4.79 Å². The van der Waals surface area contributed by atoms with Gasteiger partial charge in [-0.05, 0) is 50.1 Å². The first-order chi connectivity index (χ1) is 13.6. The molecule has 29 heavy (non-hydrogen) atoms. The molecule has 1 aromatic rings. The predicted molar refractivity (Wildman–Crippen MR) is 120 cm³/mol. The van der Waals surface area contributed by atoms with Crippen LogP contribution in [0.2, 0.25) is 0 Å². The Labute approximate surface area is 175 Å². The van der Waals surface area contributed by atoms with Crippen LogP contribution in [0.15, 0.2) is 36.2 Å². The summed E-state index contributed by atoms with van der Waals surface area (Å²) >= 11 is 0. The van der Waals surface area contributed by atoms with Gasteiger partial charge in [0.05, 0.1) is 6.04 Å². The number of nitrogens with one attached hydrogen (secondary N) is 4. The number of hydrogen-bond acceptors (Lipinski definition) is 4. The first-order valence-electron chi connectivity index (χ1n) is 10.4. The van der Waals surface area contributed by atoms with Crippen LogP contribution in [0.3, 0.4) is 0 Å². The van der Waals surface area contributed by atoms with Crippen molar-refractivity contribution in [2.45, 2.75) is 52.5 Å². The van der Waals surface area contributed by atoms with E-state index in [4.69, 9.17) is 5.41 Å². The molecule has 0 spiro atoms. The molecule has 0 radical (unpaired) electrons. The molecule has 0 saturated heterocycles. The van der Waals surface area contributed by atoms with E-state index in [1.807, 2.05) is 40.9 Å². The quantitative estimate of drug-likeness (QED) is 0.524. The second-order valence-electron chi connectivity index (χ2n) is 9.21. The molecule has 1 aliphatic rings. The number of fused-ring (bicyclic) bond motifs is 1. The Kier molecular flexibility index (Phi) is 7.85. The van der Waals surface area contributed by atoms with Gasteiger partial charge in [0.2, 0.25) is 0 Å². The molecule has 0 aromatic heterocycles. The second-order valence-corrected chi connectivity index (χ2v) is 9.21. The van der Waals surface area contributed by atoms with Crippen LogP contribution in [0, 0.1) is 10.8 Å². The van der Waals surface area contributed by atoms with Crippen LogP contribution in [0.1, 0.15) is 63.6 Å². The van der Waals surface area contributed by atoms with Gasteiger partial charge in [0, 0.05) is 24.2 Å². The van der Waals surface area contributed by atoms with Crippen LogP contribution >= 0.6 is 0 Å². The van der Waals surface area contributed by atoms with Crippen LogP contribution in [-0.4, -0.2) is 43.8 Å². The number of carbonyl (C=O) groups is 1. The van der Waals surface area contributed by atoms with Gasteiger partial charge < -0.3 is 20.9 Å². The van der Waals surface area contributed by atoms with Crippen molar-refractivity contribution < 1.29 is 4.79 Å². The van der Waals surface area contributed by atoms with Gasteiger partial charge in [0.1, 0.15) is 5.82 Å². The van der Waals surface area contributed by atoms with E-state index in [1.165, 1.54) is 11.1 Å². The second kappa shape index (κ2) is 9.92. The zero-order valence-electron chi connectivity index (χ0n) is 18.7. The van der Waals surface area contributed by atoms with E-state index in [-0.39, 0.29) is 17.5 Å². The van der Waals surface area contributed by atoms with Crippen LogP contribution in [0.5, 0.6) is 0 Å². The summed E-state index contributed by atoms with van der Waals surface area (Å²) in [5, 5.41) is 17.6. The van der Waals surface area contributed by atoms with Crippen molar-refractivity contribution in [2.24, 2.45) is 5.41 Å². The Balaban J connectivity index is 2.08. The SMILES string of the molecule is CC1CCC(NC(=O)N/C(=C/C(=N)C(C)(C)C)NCCN(C)C)c2ccccc21. The average molecular weight is 400 g/mol. The smallest absolute Gasteiger partial charge is 0.320 e. The van der Waals surface area contributed by atoms with Crippen molar-refractivity contribution in [1.82, 2.24) is 20.9 Å². The van der Waals surface area contributed by atoms with E-state index in [1.54, 1.807) is 6.08 Å². The normalized spacial score (nSPS) is 19.5. The van der Waals surface area contributed by atoms with Crippen LogP contribution < -0.4 is 16.0 Å². The fraction of sp³-hybridized carbons (Fsp3) is 0.565. The molecule has 160 valence electrons. The average Bonchev–Trinajstić information content (AvgIpc) is 2.63. The standard InChI is InChI=1S/C23H37N5O/c1-16-11-12-19(18-10-8-7-9-17(16)18)26-22(29)27-21(25-13-14-28(5)6)15-20(24)23(2,3)4/h7-10,15-16,19,24-25H,11-14H2,1-6H3,(H2,26,27,29)/b21-15+,24-20?. The van der Waals surface area contributed by atoms with Crippen molar-refractivity contribution in [1.29, 1.82) is 5.41 Å². The first kappa shape index (κ1) is 22.9. The molecular weight excluding hydrogens is 362 g/mol. The molecule has 4 N–H and O–H groups in total. The van der Waals surface area contributed by atoms with Gasteiger partial charge in [-0.15, -0.1) is 0 Å². The fourth-order valence-corrected chi connectivity index (χ4v) is 3.38. The number of benzene rings is 1. The molecule has 2 amide bonds. The maximum atomic E-state index is 12.8. The highest BCUT2D eigenvalue weighted by molar-refractivity contribution is 5.97. The zero-order chi connectivity index (χ0) is 21.6. The molecule has 1 aromatic carbocycles. The van der Waals surface area contributed by atoms with Crippen molar-refractivity contribution >= 4 is 11.7 Å². The summed E-state index contributed by atoms with van der Waals surface area (Å²) in [7, 11) is 4.01. The van der Waals surface area contributed by atoms with Gasteiger partial charge in [-0.25, -0.2) is 4.79 Å². The molecule has 0 saturated carbocycles. The minimum absolute atomic E-state index is 0.00694. The minimum atomic E-state index is -0.287. The van der Waals surface area contributed by atoms with Gasteiger partial charge in [-0.3, -0.25) is 5.32 Å². The zero-order valence-corrected chi connectivity index (χ0v) is 18.7. The summed E-state index contributed by atoms with van der Waals surface area (Å²) in [6, 6.07) is 8.12. The number of allylic oxidation sites excluding steroid dienone is 1. The highest BCUT2D eigenvalue weighted by Gasteiger charge is 2.25. The van der Waals surface area contributed by atoms with Crippen molar-refractivity contribution in [3.63, 3.8) is 0 Å². The van der Waals surface area contributed by atoms with Gasteiger partial charge in [-0.2, -0.15) is 0 Å². The highest BCUT2D eigenvalue weighted by Crippen LogP contribution is 2.36. The lowest BCUT2D eigenvalue weighted by Crippen LogP contribution is -2.43. The Morgan fingerprint density at radius 2 is 1.86 bits per heavy atom. The third-order valence-electron chi connectivity index (χ3n) is 5.32. The van der Waals surface area contributed by atoms with Crippen LogP contribution in [0.25, 0.3) is 0 Å². The summed E-state index contributed by atoms with van der Waals surface area (Å²) in [5.41, 5.74) is 2.70.